The summed E-state index contributed by atoms with van der Waals surface area (Å²) in [5.41, 5.74) is 2.21. The summed E-state index contributed by atoms with van der Waals surface area (Å²) in [6.07, 6.45) is 1.66. The van der Waals surface area contributed by atoms with E-state index in [1.165, 1.54) is 4.68 Å². The molecule has 5 rings (SSSR count). The zero-order valence-corrected chi connectivity index (χ0v) is 25.6. The van der Waals surface area contributed by atoms with Gasteiger partial charge < -0.3 is 9.47 Å². The van der Waals surface area contributed by atoms with Crippen LogP contribution in [-0.2, 0) is 16.9 Å². The molecule has 1 unspecified atom stereocenters. The van der Waals surface area contributed by atoms with Crippen LogP contribution in [0.25, 0.3) is 0 Å². The van der Waals surface area contributed by atoms with E-state index in [1.807, 2.05) is 67.5 Å². The molecule has 2 aromatic carbocycles. The largest absolute Gasteiger partial charge is 0.348 e. The van der Waals surface area contributed by atoms with E-state index in [9.17, 15) is 22.8 Å². The van der Waals surface area contributed by atoms with Gasteiger partial charge in [0.2, 0.25) is 5.91 Å². The van der Waals surface area contributed by atoms with Gasteiger partial charge in [0, 0.05) is 73.9 Å². The summed E-state index contributed by atoms with van der Waals surface area (Å²) in [6, 6.07) is 13.3. The van der Waals surface area contributed by atoms with E-state index in [2.05, 4.69) is 15.2 Å². The molecule has 0 radical (unpaired) electrons. The lowest BCUT2D eigenvalue weighted by Crippen LogP contribution is -2.55. The van der Waals surface area contributed by atoms with E-state index in [1.54, 1.807) is 25.3 Å². The molecule has 1 fully saturated rings. The Balaban J connectivity index is 1.31. The lowest BCUT2D eigenvalue weighted by atomic mass is 9.95. The van der Waals surface area contributed by atoms with Gasteiger partial charge in [0.1, 0.15) is 23.1 Å². The Hall–Kier alpha value is -4.25. The highest BCUT2D eigenvalue weighted by molar-refractivity contribution is 5.84. The normalized spacial score (nSPS) is 15.8. The zero-order valence-electron chi connectivity index (χ0n) is 25.6. The molecular weight excluding hydrogens is 569 g/mol. The number of hydrogen-bond acceptors (Lipinski definition) is 5. The molecule has 0 aliphatic carbocycles. The summed E-state index contributed by atoms with van der Waals surface area (Å²) in [7, 11) is 0. The van der Waals surface area contributed by atoms with Gasteiger partial charge in [-0.1, -0.05) is 35.5 Å². The molecule has 1 aliphatic heterocycles. The molecule has 2 aromatic heterocycles. The van der Waals surface area contributed by atoms with E-state index < -0.39 is 35.0 Å². The maximum Gasteiger partial charge on any atom is 0.232 e. The summed E-state index contributed by atoms with van der Waals surface area (Å²) in [4.78, 5) is 30.1. The molecule has 1 saturated heterocycles. The standard InChI is InChI=1S/C33H37F3N6O2/c1-21-15-26(43)16-22(2)41(21)19-27(24-9-7-6-8-10-24)32(44)39-11-13-40(14-12-39)33(4,5)30-20-42(38-37-30)23(3)31-28(35)17-25(34)18-29(31)36/h6-10,15-18,20,23,27H,11-14,19H2,1-5H3/t23-,27?/m1/s1. The fraction of sp³-hybridized carbons (Fsp3) is 0.394. The first-order valence-electron chi connectivity index (χ1n) is 14.7. The molecule has 11 heteroatoms. The number of amides is 1. The van der Waals surface area contributed by atoms with Gasteiger partial charge in [-0.2, -0.15) is 0 Å². The first-order chi connectivity index (χ1) is 20.9. The van der Waals surface area contributed by atoms with Crippen LogP contribution in [0.5, 0.6) is 0 Å². The molecule has 1 amide bonds. The van der Waals surface area contributed by atoms with E-state index in [-0.39, 0.29) is 16.9 Å². The van der Waals surface area contributed by atoms with Crippen LogP contribution < -0.4 is 5.43 Å². The molecule has 4 aromatic rings. The van der Waals surface area contributed by atoms with Crippen molar-refractivity contribution in [2.24, 2.45) is 0 Å². The molecule has 2 atom stereocenters. The fourth-order valence-electron chi connectivity index (χ4n) is 6.07. The number of benzene rings is 2. The van der Waals surface area contributed by atoms with Crippen molar-refractivity contribution >= 4 is 5.91 Å². The van der Waals surface area contributed by atoms with E-state index in [0.717, 1.165) is 17.0 Å². The fourth-order valence-corrected chi connectivity index (χ4v) is 6.07. The molecule has 1 aliphatic rings. The minimum Gasteiger partial charge on any atom is -0.348 e. The average molecular weight is 607 g/mol. The maximum atomic E-state index is 14.4. The Morgan fingerprint density at radius 2 is 1.52 bits per heavy atom. The lowest BCUT2D eigenvalue weighted by Gasteiger charge is -2.43. The molecule has 44 heavy (non-hydrogen) atoms. The molecule has 0 bridgehead atoms. The quantitative estimate of drug-likeness (QED) is 0.284. The average Bonchev–Trinajstić information content (AvgIpc) is 3.48. The topological polar surface area (TPSA) is 76.3 Å². The van der Waals surface area contributed by atoms with Crippen molar-refractivity contribution in [3.8, 4) is 0 Å². The highest BCUT2D eigenvalue weighted by Gasteiger charge is 2.37. The Kier molecular flexibility index (Phi) is 8.78. The second-order valence-corrected chi connectivity index (χ2v) is 12.0. The van der Waals surface area contributed by atoms with Gasteiger partial charge in [-0.05, 0) is 40.2 Å². The third-order valence-corrected chi connectivity index (χ3v) is 8.80. The number of carbonyl (C=O) groups excluding carboxylic acids is 1. The second kappa shape index (κ2) is 12.4. The predicted molar refractivity (Wildman–Crippen MR) is 161 cm³/mol. The van der Waals surface area contributed by atoms with Crippen molar-refractivity contribution in [3.05, 3.63) is 117 Å². The number of nitrogens with zero attached hydrogens (tertiary/aromatic N) is 6. The van der Waals surface area contributed by atoms with Crippen molar-refractivity contribution in [3.63, 3.8) is 0 Å². The van der Waals surface area contributed by atoms with Crippen LogP contribution in [0.1, 0.15) is 60.9 Å². The van der Waals surface area contributed by atoms with Gasteiger partial charge in [0.15, 0.2) is 5.43 Å². The zero-order chi connectivity index (χ0) is 31.8. The minimum absolute atomic E-state index is 0.0225. The third-order valence-electron chi connectivity index (χ3n) is 8.80. The third kappa shape index (κ3) is 6.19. The number of hydrogen-bond donors (Lipinski definition) is 0. The number of aryl methyl sites for hydroxylation is 2. The van der Waals surface area contributed by atoms with Crippen molar-refractivity contribution in [2.75, 3.05) is 26.2 Å². The van der Waals surface area contributed by atoms with Gasteiger partial charge in [0.05, 0.1) is 23.7 Å². The van der Waals surface area contributed by atoms with Crippen LogP contribution in [0.3, 0.4) is 0 Å². The van der Waals surface area contributed by atoms with Crippen LogP contribution in [0.4, 0.5) is 13.2 Å². The van der Waals surface area contributed by atoms with Crippen molar-refractivity contribution in [2.45, 2.75) is 58.7 Å². The number of piperazine rings is 1. The summed E-state index contributed by atoms with van der Waals surface area (Å²) in [5.74, 6) is -3.34. The lowest BCUT2D eigenvalue weighted by molar-refractivity contribution is -0.136. The SMILES string of the molecule is Cc1cc(=O)cc(C)n1CC(C(=O)N1CCN(C(C)(C)c2cn([C@H](C)c3c(F)cc(F)cc3F)nn2)CC1)c1ccccc1. The summed E-state index contributed by atoms with van der Waals surface area (Å²) >= 11 is 0. The highest BCUT2D eigenvalue weighted by atomic mass is 19.1. The molecule has 3 heterocycles. The van der Waals surface area contributed by atoms with Gasteiger partial charge in [-0.3, -0.25) is 14.5 Å². The number of rotatable bonds is 8. The van der Waals surface area contributed by atoms with Gasteiger partial charge in [-0.15, -0.1) is 5.10 Å². The Morgan fingerprint density at radius 3 is 2.11 bits per heavy atom. The van der Waals surface area contributed by atoms with Crippen LogP contribution in [0, 0.1) is 31.3 Å². The maximum absolute atomic E-state index is 14.4. The highest BCUT2D eigenvalue weighted by Crippen LogP contribution is 2.31. The Bertz CT molecular complexity index is 1660. The minimum atomic E-state index is -0.981. The first kappa shape index (κ1) is 31.2. The number of aromatic nitrogens is 4. The van der Waals surface area contributed by atoms with Crippen molar-refractivity contribution < 1.29 is 18.0 Å². The monoisotopic (exact) mass is 606 g/mol. The van der Waals surface area contributed by atoms with Crippen LogP contribution >= 0.6 is 0 Å². The number of pyridine rings is 1. The smallest absolute Gasteiger partial charge is 0.232 e. The molecular formula is C33H37F3N6O2. The van der Waals surface area contributed by atoms with Crippen LogP contribution in [0.2, 0.25) is 0 Å². The Labute approximate surface area is 254 Å². The molecule has 0 N–H and O–H groups in total. The van der Waals surface area contributed by atoms with E-state index >= 15 is 0 Å². The number of carbonyl (C=O) groups is 1. The molecule has 0 spiro atoms. The van der Waals surface area contributed by atoms with Gasteiger partial charge in [-0.25, -0.2) is 17.9 Å². The summed E-state index contributed by atoms with van der Waals surface area (Å²) < 4.78 is 45.7. The second-order valence-electron chi connectivity index (χ2n) is 12.0. The Morgan fingerprint density at radius 1 is 0.932 bits per heavy atom. The molecule has 232 valence electrons. The van der Waals surface area contributed by atoms with Crippen LogP contribution in [-0.4, -0.2) is 61.4 Å². The molecule has 8 nitrogen and oxygen atoms in total. The van der Waals surface area contributed by atoms with Gasteiger partial charge in [0.25, 0.3) is 0 Å². The summed E-state index contributed by atoms with van der Waals surface area (Å²) in [5, 5.41) is 8.47. The van der Waals surface area contributed by atoms with Crippen molar-refractivity contribution in [1.82, 2.24) is 29.4 Å². The predicted octanol–water partition coefficient (Wildman–Crippen LogP) is 4.95. The number of halogens is 3. The van der Waals surface area contributed by atoms with Gasteiger partial charge >= 0.3 is 0 Å². The first-order valence-corrected chi connectivity index (χ1v) is 14.7. The van der Waals surface area contributed by atoms with E-state index in [4.69, 9.17) is 0 Å². The van der Waals surface area contributed by atoms with Crippen LogP contribution in [0.15, 0.2) is 65.6 Å². The van der Waals surface area contributed by atoms with Crippen molar-refractivity contribution in [1.29, 1.82) is 0 Å². The summed E-state index contributed by atoms with van der Waals surface area (Å²) in [6.45, 7) is 11.9. The molecule has 0 saturated carbocycles. The van der Waals surface area contributed by atoms with E-state index in [0.29, 0.717) is 50.6 Å².